The van der Waals surface area contributed by atoms with Crippen molar-refractivity contribution >= 4 is 46.8 Å². The highest BCUT2D eigenvalue weighted by Gasteiger charge is 2.20. The Morgan fingerprint density at radius 1 is 1.07 bits per heavy atom. The minimum Gasteiger partial charge on any atom is -0.480 e. The monoisotopic (exact) mass is 393 g/mol. The SMILES string of the molecule is NCC(=O)NCC(=O)NCC(=O)N[C@@H](Cc1ccc(N=C=S)cc1)C(=O)O. The maximum absolute atomic E-state index is 11.9. The molecule has 0 aliphatic rings. The van der Waals surface area contributed by atoms with Crippen molar-refractivity contribution in [3.63, 3.8) is 0 Å². The number of nitrogens with two attached hydrogens (primary N) is 1. The molecular weight excluding hydrogens is 374 g/mol. The van der Waals surface area contributed by atoms with Crippen molar-refractivity contribution in [3.8, 4) is 0 Å². The van der Waals surface area contributed by atoms with Crippen LogP contribution in [-0.4, -0.2) is 59.6 Å². The lowest BCUT2D eigenvalue weighted by Crippen LogP contribution is -2.48. The van der Waals surface area contributed by atoms with Gasteiger partial charge in [0.2, 0.25) is 17.7 Å². The van der Waals surface area contributed by atoms with Gasteiger partial charge in [0.25, 0.3) is 0 Å². The molecule has 1 atom stereocenters. The predicted octanol–water partition coefficient (Wildman–Crippen LogP) is -1.28. The number of benzene rings is 1. The lowest BCUT2D eigenvalue weighted by Gasteiger charge is -2.15. The van der Waals surface area contributed by atoms with Gasteiger partial charge in [-0.05, 0) is 29.9 Å². The van der Waals surface area contributed by atoms with E-state index in [9.17, 15) is 24.3 Å². The number of amides is 3. The van der Waals surface area contributed by atoms with E-state index in [4.69, 9.17) is 5.73 Å². The first kappa shape index (κ1) is 21.9. The van der Waals surface area contributed by atoms with Crippen molar-refractivity contribution in [2.45, 2.75) is 12.5 Å². The van der Waals surface area contributed by atoms with E-state index in [2.05, 4.69) is 38.3 Å². The summed E-state index contributed by atoms with van der Waals surface area (Å²) in [4.78, 5) is 49.4. The molecule has 0 aliphatic carbocycles. The van der Waals surface area contributed by atoms with E-state index in [1.54, 1.807) is 24.3 Å². The van der Waals surface area contributed by atoms with Crippen LogP contribution in [0.25, 0.3) is 0 Å². The molecule has 1 rings (SSSR count). The number of rotatable bonds is 10. The fraction of sp³-hybridized carbons (Fsp3) is 0.312. The molecule has 0 heterocycles. The third kappa shape index (κ3) is 8.68. The first-order chi connectivity index (χ1) is 12.8. The molecular formula is C16H19N5O5S. The quantitative estimate of drug-likeness (QED) is 0.244. The Hall–Kier alpha value is -3.14. The minimum atomic E-state index is -1.22. The van der Waals surface area contributed by atoms with Gasteiger partial charge in [0.1, 0.15) is 6.04 Å². The molecule has 6 N–H and O–H groups in total. The van der Waals surface area contributed by atoms with Crippen molar-refractivity contribution in [2.24, 2.45) is 10.7 Å². The van der Waals surface area contributed by atoms with E-state index in [1.165, 1.54) is 0 Å². The number of carbonyl (C=O) groups is 4. The molecule has 0 fully saturated rings. The topological polar surface area (TPSA) is 163 Å². The Bertz CT molecular complexity index is 746. The number of hydrogen-bond acceptors (Lipinski definition) is 7. The lowest BCUT2D eigenvalue weighted by atomic mass is 10.1. The van der Waals surface area contributed by atoms with Gasteiger partial charge < -0.3 is 26.8 Å². The molecule has 0 aliphatic heterocycles. The molecule has 1 aromatic rings. The highest BCUT2D eigenvalue weighted by Crippen LogP contribution is 2.13. The van der Waals surface area contributed by atoms with Crippen LogP contribution in [0.3, 0.4) is 0 Å². The van der Waals surface area contributed by atoms with E-state index < -0.39 is 36.3 Å². The molecule has 10 nitrogen and oxygen atoms in total. The van der Waals surface area contributed by atoms with Crippen molar-refractivity contribution < 1.29 is 24.3 Å². The molecule has 0 saturated carbocycles. The summed E-state index contributed by atoms with van der Waals surface area (Å²) in [7, 11) is 0. The molecule has 144 valence electrons. The summed E-state index contributed by atoms with van der Waals surface area (Å²) in [6.45, 7) is -1.02. The second-order valence-electron chi connectivity index (χ2n) is 5.29. The summed E-state index contributed by atoms with van der Waals surface area (Å²) in [6, 6.07) is 5.44. The Balaban J connectivity index is 2.52. The Labute approximate surface area is 160 Å². The summed E-state index contributed by atoms with van der Waals surface area (Å²) in [5.41, 5.74) is 6.32. The van der Waals surface area contributed by atoms with Gasteiger partial charge in [-0.25, -0.2) is 4.79 Å². The molecule has 0 aromatic heterocycles. The first-order valence-corrected chi connectivity index (χ1v) is 8.19. The van der Waals surface area contributed by atoms with Gasteiger partial charge in [0.05, 0.1) is 30.5 Å². The third-order valence-electron chi connectivity index (χ3n) is 3.26. The largest absolute Gasteiger partial charge is 0.480 e. The number of aliphatic carboxylic acids is 1. The average molecular weight is 393 g/mol. The van der Waals surface area contributed by atoms with Crippen LogP contribution in [-0.2, 0) is 25.6 Å². The number of hydrogen-bond donors (Lipinski definition) is 5. The number of isothiocyanates is 1. The van der Waals surface area contributed by atoms with Crippen LogP contribution in [0, 0.1) is 0 Å². The Kier molecular flexibility index (Phi) is 9.30. The zero-order chi connectivity index (χ0) is 20.2. The number of carbonyl (C=O) groups excluding carboxylic acids is 3. The molecule has 0 spiro atoms. The maximum Gasteiger partial charge on any atom is 0.326 e. The number of aliphatic imine (C=N–C) groups is 1. The van der Waals surface area contributed by atoms with Crippen molar-refractivity contribution in [3.05, 3.63) is 29.8 Å². The van der Waals surface area contributed by atoms with Gasteiger partial charge in [-0.3, -0.25) is 14.4 Å². The molecule has 3 amide bonds. The molecule has 27 heavy (non-hydrogen) atoms. The van der Waals surface area contributed by atoms with E-state index in [0.717, 1.165) is 0 Å². The van der Waals surface area contributed by atoms with Gasteiger partial charge in [-0.2, -0.15) is 4.99 Å². The van der Waals surface area contributed by atoms with Gasteiger partial charge in [0, 0.05) is 6.42 Å². The second-order valence-corrected chi connectivity index (χ2v) is 5.47. The Morgan fingerprint density at radius 2 is 1.67 bits per heavy atom. The molecule has 11 heteroatoms. The molecule has 0 radical (unpaired) electrons. The normalized spacial score (nSPS) is 10.9. The fourth-order valence-corrected chi connectivity index (χ4v) is 2.04. The van der Waals surface area contributed by atoms with E-state index >= 15 is 0 Å². The minimum absolute atomic E-state index is 0.0448. The Morgan fingerprint density at radius 3 is 2.22 bits per heavy atom. The van der Waals surface area contributed by atoms with Gasteiger partial charge in [-0.1, -0.05) is 12.1 Å². The van der Waals surface area contributed by atoms with Crippen LogP contribution in [0.5, 0.6) is 0 Å². The van der Waals surface area contributed by atoms with Crippen molar-refractivity contribution in [2.75, 3.05) is 19.6 Å². The standard InChI is InChI=1S/C16H19N5O5S/c17-6-13(22)18-7-14(23)19-8-15(24)21-12(16(25)26)5-10-1-3-11(4-2-10)20-9-27/h1-4,12H,5-8,17H2,(H,18,22)(H,19,23)(H,21,24)(H,25,26)/t12-/m0/s1. The van der Waals surface area contributed by atoms with Crippen molar-refractivity contribution in [1.82, 2.24) is 16.0 Å². The van der Waals surface area contributed by atoms with Crippen LogP contribution >= 0.6 is 12.2 Å². The van der Waals surface area contributed by atoms with Gasteiger partial charge in [0.15, 0.2) is 0 Å². The molecule has 0 saturated heterocycles. The van der Waals surface area contributed by atoms with Crippen LogP contribution in [0.15, 0.2) is 29.3 Å². The predicted molar refractivity (Wildman–Crippen MR) is 99.5 cm³/mol. The number of nitrogens with zero attached hydrogens (tertiary/aromatic N) is 1. The van der Waals surface area contributed by atoms with Crippen molar-refractivity contribution in [1.29, 1.82) is 0 Å². The highest BCUT2D eigenvalue weighted by molar-refractivity contribution is 7.78. The average Bonchev–Trinajstić information content (AvgIpc) is 2.65. The van der Waals surface area contributed by atoms with E-state index in [1.807, 2.05) is 0 Å². The summed E-state index contributed by atoms with van der Waals surface area (Å²) in [5.74, 6) is -3.01. The number of nitrogens with one attached hydrogen (secondary N) is 3. The molecule has 1 aromatic carbocycles. The summed E-state index contributed by atoms with van der Waals surface area (Å²) < 4.78 is 0. The molecule has 0 bridgehead atoms. The summed E-state index contributed by atoms with van der Waals surface area (Å²) in [5, 5.41) is 18.3. The second kappa shape index (κ2) is 11.5. The fourth-order valence-electron chi connectivity index (χ4n) is 1.93. The van der Waals surface area contributed by atoms with Gasteiger partial charge >= 0.3 is 5.97 Å². The number of thiocarbonyl (C=S) groups is 1. The summed E-state index contributed by atoms with van der Waals surface area (Å²) in [6.07, 6.45) is 0.0448. The highest BCUT2D eigenvalue weighted by atomic mass is 32.1. The maximum atomic E-state index is 11.9. The number of carboxylic acids is 1. The van der Waals surface area contributed by atoms with E-state index in [-0.39, 0.29) is 19.5 Å². The van der Waals surface area contributed by atoms with Crippen LogP contribution in [0.2, 0.25) is 0 Å². The van der Waals surface area contributed by atoms with Crippen LogP contribution in [0.1, 0.15) is 5.56 Å². The van der Waals surface area contributed by atoms with Crippen LogP contribution < -0.4 is 21.7 Å². The number of carboxylic acid groups (broad SMARTS) is 1. The van der Waals surface area contributed by atoms with Gasteiger partial charge in [-0.15, -0.1) is 0 Å². The summed E-state index contributed by atoms with van der Waals surface area (Å²) >= 11 is 4.50. The first-order valence-electron chi connectivity index (χ1n) is 7.78. The lowest BCUT2D eigenvalue weighted by molar-refractivity contribution is -0.141. The molecule has 0 unspecified atom stereocenters. The smallest absolute Gasteiger partial charge is 0.326 e. The van der Waals surface area contributed by atoms with E-state index in [0.29, 0.717) is 11.3 Å². The zero-order valence-corrected chi connectivity index (χ0v) is 15.0. The third-order valence-corrected chi connectivity index (χ3v) is 3.35. The zero-order valence-electron chi connectivity index (χ0n) is 14.2. The van der Waals surface area contributed by atoms with Crippen LogP contribution in [0.4, 0.5) is 5.69 Å².